The molecular formula is C14H20N4OS. The normalized spacial score (nSPS) is 15.2. The Balaban J connectivity index is 1.73. The van der Waals surface area contributed by atoms with Crippen molar-refractivity contribution in [2.45, 2.75) is 32.2 Å². The van der Waals surface area contributed by atoms with Gasteiger partial charge >= 0.3 is 0 Å². The number of hydrogen-bond donors (Lipinski definition) is 1. The maximum Gasteiger partial charge on any atom is 0.227 e. The molecule has 1 aliphatic carbocycles. The highest BCUT2D eigenvalue weighted by Gasteiger charge is 2.25. The first-order valence-corrected chi connectivity index (χ1v) is 7.88. The topological polar surface area (TPSA) is 64.3 Å². The molecule has 0 bridgehead atoms. The van der Waals surface area contributed by atoms with E-state index in [-0.39, 0.29) is 5.95 Å². The first-order chi connectivity index (χ1) is 9.67. The van der Waals surface area contributed by atoms with Crippen LogP contribution in [0.1, 0.15) is 24.6 Å². The van der Waals surface area contributed by atoms with Crippen molar-refractivity contribution in [1.29, 1.82) is 0 Å². The molecule has 6 heteroatoms. The molecule has 0 aliphatic heterocycles. The molecule has 0 saturated heterocycles. The van der Waals surface area contributed by atoms with E-state index in [0.717, 1.165) is 29.2 Å². The zero-order valence-corrected chi connectivity index (χ0v) is 12.7. The molecule has 5 nitrogen and oxygen atoms in total. The van der Waals surface area contributed by atoms with Gasteiger partial charge in [0.05, 0.1) is 5.39 Å². The predicted octanol–water partition coefficient (Wildman–Crippen LogP) is 2.31. The third-order valence-corrected chi connectivity index (χ3v) is 4.80. The van der Waals surface area contributed by atoms with Crippen molar-refractivity contribution in [2.75, 3.05) is 25.9 Å². The number of thiophene rings is 1. The van der Waals surface area contributed by atoms with Gasteiger partial charge in [-0.25, -0.2) is 4.98 Å². The highest BCUT2D eigenvalue weighted by molar-refractivity contribution is 7.18. The number of rotatable bonds is 6. The molecule has 0 spiro atoms. The van der Waals surface area contributed by atoms with Crippen molar-refractivity contribution in [3.05, 3.63) is 10.9 Å². The average molecular weight is 292 g/mol. The number of nitrogen functional groups attached to an aromatic ring is 1. The van der Waals surface area contributed by atoms with Crippen molar-refractivity contribution in [1.82, 2.24) is 14.9 Å². The quantitative estimate of drug-likeness (QED) is 0.885. The number of ether oxygens (including phenoxy) is 1. The summed E-state index contributed by atoms with van der Waals surface area (Å²) in [5, 5.41) is 0.982. The molecule has 1 fully saturated rings. The van der Waals surface area contributed by atoms with Gasteiger partial charge < -0.3 is 15.4 Å². The molecule has 1 aliphatic rings. The Morgan fingerprint density at radius 1 is 1.45 bits per heavy atom. The van der Waals surface area contributed by atoms with Gasteiger partial charge in [-0.05, 0) is 32.4 Å². The first-order valence-electron chi connectivity index (χ1n) is 7.06. The van der Waals surface area contributed by atoms with Crippen molar-refractivity contribution in [3.63, 3.8) is 0 Å². The fraction of sp³-hybridized carbons (Fsp3) is 0.571. The first kappa shape index (κ1) is 13.6. The summed E-state index contributed by atoms with van der Waals surface area (Å²) in [6.45, 7) is 3.68. The Morgan fingerprint density at radius 2 is 2.25 bits per heavy atom. The van der Waals surface area contributed by atoms with Gasteiger partial charge in [0.15, 0.2) is 0 Å². The maximum atomic E-state index is 5.84. The highest BCUT2D eigenvalue weighted by atomic mass is 32.1. The molecule has 20 heavy (non-hydrogen) atoms. The smallest absolute Gasteiger partial charge is 0.227 e. The number of aromatic nitrogens is 2. The molecule has 0 amide bonds. The van der Waals surface area contributed by atoms with Gasteiger partial charge in [-0.15, -0.1) is 11.3 Å². The summed E-state index contributed by atoms with van der Waals surface area (Å²) in [4.78, 5) is 13.1. The summed E-state index contributed by atoms with van der Waals surface area (Å²) < 4.78 is 5.84. The molecule has 2 aromatic heterocycles. The molecule has 2 N–H and O–H groups in total. The average Bonchev–Trinajstić information content (AvgIpc) is 3.19. The fourth-order valence-electron chi connectivity index (χ4n) is 2.23. The van der Waals surface area contributed by atoms with E-state index >= 15 is 0 Å². The minimum Gasteiger partial charge on any atom is -0.476 e. The third kappa shape index (κ3) is 2.86. The van der Waals surface area contributed by atoms with Crippen LogP contribution in [0.25, 0.3) is 10.2 Å². The summed E-state index contributed by atoms with van der Waals surface area (Å²) in [5.74, 6) is 0.903. The van der Waals surface area contributed by atoms with Gasteiger partial charge in [-0.3, -0.25) is 0 Å². The SMILES string of the molecule is CCc1cc2c(OCCN(C)C3CC3)nc(N)nc2s1. The van der Waals surface area contributed by atoms with Crippen LogP contribution in [-0.4, -0.2) is 41.1 Å². The van der Waals surface area contributed by atoms with Gasteiger partial charge in [0.2, 0.25) is 11.8 Å². The lowest BCUT2D eigenvalue weighted by Gasteiger charge is -2.15. The van der Waals surface area contributed by atoms with E-state index in [0.29, 0.717) is 12.5 Å². The van der Waals surface area contributed by atoms with E-state index in [2.05, 4.69) is 34.9 Å². The van der Waals surface area contributed by atoms with E-state index in [1.54, 1.807) is 11.3 Å². The minimum absolute atomic E-state index is 0.285. The van der Waals surface area contributed by atoms with Gasteiger partial charge in [0.1, 0.15) is 11.4 Å². The number of nitrogens with two attached hydrogens (primary N) is 1. The van der Waals surface area contributed by atoms with Crippen LogP contribution in [0.2, 0.25) is 0 Å². The van der Waals surface area contributed by atoms with Gasteiger partial charge in [0.25, 0.3) is 0 Å². The summed E-state index contributed by atoms with van der Waals surface area (Å²) >= 11 is 1.66. The highest BCUT2D eigenvalue weighted by Crippen LogP contribution is 2.31. The summed E-state index contributed by atoms with van der Waals surface area (Å²) in [6, 6.07) is 2.86. The van der Waals surface area contributed by atoms with E-state index in [9.17, 15) is 0 Å². The molecule has 3 rings (SSSR count). The number of nitrogens with zero attached hydrogens (tertiary/aromatic N) is 3. The van der Waals surface area contributed by atoms with Crippen LogP contribution >= 0.6 is 11.3 Å². The van der Waals surface area contributed by atoms with Crippen LogP contribution < -0.4 is 10.5 Å². The Labute approximate surface area is 122 Å². The standard InChI is InChI=1S/C14H20N4OS/c1-3-10-8-11-12(16-14(15)17-13(11)20-10)19-7-6-18(2)9-4-5-9/h8-9H,3-7H2,1-2H3,(H2,15,16,17). The summed E-state index contributed by atoms with van der Waals surface area (Å²) in [5.41, 5.74) is 5.76. The zero-order valence-electron chi connectivity index (χ0n) is 11.9. The molecule has 108 valence electrons. The fourth-order valence-corrected chi connectivity index (χ4v) is 3.19. The van der Waals surface area contributed by atoms with Crippen molar-refractivity contribution in [2.24, 2.45) is 0 Å². The molecule has 0 radical (unpaired) electrons. The summed E-state index contributed by atoms with van der Waals surface area (Å²) in [7, 11) is 2.14. The summed E-state index contributed by atoms with van der Waals surface area (Å²) in [6.07, 6.45) is 3.61. The lowest BCUT2D eigenvalue weighted by Crippen LogP contribution is -2.26. The van der Waals surface area contributed by atoms with Crippen LogP contribution in [0.15, 0.2) is 6.07 Å². The molecule has 1 saturated carbocycles. The maximum absolute atomic E-state index is 5.84. The zero-order chi connectivity index (χ0) is 14.1. The van der Waals surface area contributed by atoms with E-state index in [4.69, 9.17) is 10.5 Å². The van der Waals surface area contributed by atoms with Crippen molar-refractivity contribution >= 4 is 27.5 Å². The Hall–Kier alpha value is -1.40. The lowest BCUT2D eigenvalue weighted by molar-refractivity contribution is 0.228. The predicted molar refractivity (Wildman–Crippen MR) is 82.4 cm³/mol. The molecule has 0 atom stereocenters. The van der Waals surface area contributed by atoms with Crippen LogP contribution in [-0.2, 0) is 6.42 Å². The monoisotopic (exact) mass is 292 g/mol. The van der Waals surface area contributed by atoms with E-state index < -0.39 is 0 Å². The number of anilines is 1. The van der Waals surface area contributed by atoms with Crippen molar-refractivity contribution < 1.29 is 4.74 Å². The van der Waals surface area contributed by atoms with Crippen LogP contribution in [0, 0.1) is 0 Å². The van der Waals surface area contributed by atoms with Crippen LogP contribution in [0.5, 0.6) is 5.88 Å². The van der Waals surface area contributed by atoms with E-state index in [1.807, 2.05) is 0 Å². The Bertz CT molecular complexity index is 608. The second kappa shape index (κ2) is 5.54. The molecule has 2 heterocycles. The Kier molecular flexibility index (Phi) is 3.76. The van der Waals surface area contributed by atoms with Gasteiger partial charge in [0, 0.05) is 17.5 Å². The van der Waals surface area contributed by atoms with Crippen molar-refractivity contribution in [3.8, 4) is 5.88 Å². The minimum atomic E-state index is 0.285. The number of fused-ring (bicyclic) bond motifs is 1. The van der Waals surface area contributed by atoms with Gasteiger partial charge in [-0.1, -0.05) is 6.92 Å². The second-order valence-electron chi connectivity index (χ2n) is 5.23. The molecule has 0 unspecified atom stereocenters. The second-order valence-corrected chi connectivity index (χ2v) is 6.35. The largest absolute Gasteiger partial charge is 0.476 e. The number of hydrogen-bond acceptors (Lipinski definition) is 6. The van der Waals surface area contributed by atoms with Crippen LogP contribution in [0.3, 0.4) is 0 Å². The molecular weight excluding hydrogens is 272 g/mol. The Morgan fingerprint density at radius 3 is 2.95 bits per heavy atom. The third-order valence-electron chi connectivity index (χ3n) is 3.63. The van der Waals surface area contributed by atoms with Crippen LogP contribution in [0.4, 0.5) is 5.95 Å². The van der Waals surface area contributed by atoms with Gasteiger partial charge in [-0.2, -0.15) is 4.98 Å². The number of likely N-dealkylation sites (N-methyl/N-ethyl adjacent to an activating group) is 1. The molecule has 0 aromatic carbocycles. The molecule has 2 aromatic rings. The lowest BCUT2D eigenvalue weighted by atomic mass is 10.3. The number of aryl methyl sites for hydroxylation is 1. The van der Waals surface area contributed by atoms with E-state index in [1.165, 1.54) is 17.7 Å².